The minimum atomic E-state index is -0.966. The zero-order valence-electron chi connectivity index (χ0n) is 20.0. The van der Waals surface area contributed by atoms with Crippen molar-refractivity contribution in [2.24, 2.45) is 40.4 Å². The van der Waals surface area contributed by atoms with Gasteiger partial charge in [-0.25, -0.2) is 0 Å². The number of hydrogen-bond acceptors (Lipinski definition) is 2. The van der Waals surface area contributed by atoms with Crippen LogP contribution in [0.3, 0.4) is 0 Å². The molecule has 0 aliphatic heterocycles. The second kappa shape index (κ2) is 7.38. The molecule has 0 aromatic carbocycles. The molecule has 3 saturated carbocycles. The Hall–Kier alpha value is -0.780. The van der Waals surface area contributed by atoms with Crippen molar-refractivity contribution in [1.82, 2.24) is 0 Å². The van der Waals surface area contributed by atoms with Crippen molar-refractivity contribution in [2.75, 3.05) is 0 Å². The molecule has 2 N–H and O–H groups in total. The predicted molar refractivity (Wildman–Crippen MR) is 124 cm³/mol. The highest BCUT2D eigenvalue weighted by molar-refractivity contribution is 5.26. The van der Waals surface area contributed by atoms with E-state index in [9.17, 15) is 10.2 Å². The van der Waals surface area contributed by atoms with Crippen LogP contribution < -0.4 is 0 Å². The van der Waals surface area contributed by atoms with E-state index in [2.05, 4.69) is 32.8 Å². The van der Waals surface area contributed by atoms with E-state index in [1.54, 1.807) is 12.5 Å². The first-order valence-electron chi connectivity index (χ1n) is 12.5. The molecule has 30 heavy (non-hydrogen) atoms. The van der Waals surface area contributed by atoms with Crippen LogP contribution in [0.2, 0.25) is 0 Å². The van der Waals surface area contributed by atoms with Crippen molar-refractivity contribution in [3.05, 3.63) is 11.6 Å². The SMILES string of the molecule is C#C[C@](C)(O)CC[C@@H](C)C1CC[C@H]2[C@@H]3CC=C4C[C@@](C)(O)CC[C@]4(C)[C@H]3CC[C@]12C. The largest absolute Gasteiger partial charge is 0.390 e. The Bertz CT molecular complexity index is 740. The van der Waals surface area contributed by atoms with Crippen LogP contribution in [-0.4, -0.2) is 21.4 Å². The van der Waals surface area contributed by atoms with E-state index in [1.807, 2.05) is 6.92 Å². The van der Waals surface area contributed by atoms with Crippen LogP contribution >= 0.6 is 0 Å². The normalized spacial score (nSPS) is 48.4. The van der Waals surface area contributed by atoms with E-state index in [-0.39, 0.29) is 0 Å². The molecule has 0 spiro atoms. The lowest BCUT2D eigenvalue weighted by Gasteiger charge is -2.59. The van der Waals surface area contributed by atoms with E-state index < -0.39 is 11.2 Å². The van der Waals surface area contributed by atoms with Gasteiger partial charge >= 0.3 is 0 Å². The van der Waals surface area contributed by atoms with Crippen molar-refractivity contribution in [3.8, 4) is 12.3 Å². The lowest BCUT2D eigenvalue weighted by molar-refractivity contribution is -0.0710. The monoisotopic (exact) mass is 412 g/mol. The van der Waals surface area contributed by atoms with Crippen molar-refractivity contribution < 1.29 is 10.2 Å². The summed E-state index contributed by atoms with van der Waals surface area (Å²) >= 11 is 0. The van der Waals surface area contributed by atoms with Crippen molar-refractivity contribution in [3.63, 3.8) is 0 Å². The third-order valence-corrected chi connectivity index (χ3v) is 10.5. The molecule has 0 heterocycles. The molecule has 1 unspecified atom stereocenters. The summed E-state index contributed by atoms with van der Waals surface area (Å²) in [5, 5.41) is 20.9. The van der Waals surface area contributed by atoms with Gasteiger partial charge in [-0.2, -0.15) is 0 Å². The number of allylic oxidation sites excluding steroid dienone is 1. The molecule has 2 heteroatoms. The quantitative estimate of drug-likeness (QED) is 0.431. The van der Waals surface area contributed by atoms with Crippen LogP contribution in [-0.2, 0) is 0 Å². The minimum absolute atomic E-state index is 0.307. The lowest BCUT2D eigenvalue weighted by Crippen LogP contribution is -2.52. The molecule has 0 radical (unpaired) electrons. The third kappa shape index (κ3) is 3.59. The van der Waals surface area contributed by atoms with E-state index in [0.29, 0.717) is 23.2 Å². The zero-order valence-corrected chi connectivity index (χ0v) is 20.0. The molecule has 4 aliphatic rings. The summed E-state index contributed by atoms with van der Waals surface area (Å²) < 4.78 is 0. The van der Waals surface area contributed by atoms with E-state index in [4.69, 9.17) is 6.42 Å². The molecule has 4 rings (SSSR count). The van der Waals surface area contributed by atoms with Gasteiger partial charge in [0, 0.05) is 0 Å². The van der Waals surface area contributed by atoms with Gasteiger partial charge in [-0.05, 0) is 118 Å². The second-order valence-corrected chi connectivity index (χ2v) is 12.6. The number of aliphatic hydroxyl groups is 2. The highest BCUT2D eigenvalue weighted by Gasteiger charge is 2.59. The molecule has 3 fully saturated rings. The molecule has 0 aromatic heterocycles. The topological polar surface area (TPSA) is 40.5 Å². The fourth-order valence-electron chi connectivity index (χ4n) is 8.56. The number of rotatable bonds is 4. The van der Waals surface area contributed by atoms with Crippen LogP contribution in [0.4, 0.5) is 0 Å². The molecule has 9 atom stereocenters. The zero-order chi connectivity index (χ0) is 21.9. The van der Waals surface area contributed by atoms with Crippen LogP contribution in [0.5, 0.6) is 0 Å². The maximum absolute atomic E-state index is 10.7. The Balaban J connectivity index is 1.51. The first-order chi connectivity index (χ1) is 13.9. The molecule has 2 nitrogen and oxygen atoms in total. The summed E-state index contributed by atoms with van der Waals surface area (Å²) in [4.78, 5) is 0. The molecule has 0 amide bonds. The highest BCUT2D eigenvalue weighted by Crippen LogP contribution is 2.67. The Morgan fingerprint density at radius 3 is 2.60 bits per heavy atom. The summed E-state index contributed by atoms with van der Waals surface area (Å²) in [7, 11) is 0. The molecule has 0 saturated heterocycles. The average Bonchev–Trinajstić information content (AvgIpc) is 3.04. The summed E-state index contributed by atoms with van der Waals surface area (Å²) in [5.41, 5.74) is 0.829. The highest BCUT2D eigenvalue weighted by atomic mass is 16.3. The van der Waals surface area contributed by atoms with Crippen LogP contribution in [0.1, 0.15) is 98.8 Å². The average molecular weight is 413 g/mol. The smallest absolute Gasteiger partial charge is 0.122 e. The van der Waals surface area contributed by atoms with E-state index in [0.717, 1.165) is 49.4 Å². The summed E-state index contributed by atoms with van der Waals surface area (Å²) in [6.07, 6.45) is 19.4. The van der Waals surface area contributed by atoms with E-state index >= 15 is 0 Å². The van der Waals surface area contributed by atoms with Crippen LogP contribution in [0.15, 0.2) is 11.6 Å². The first-order valence-corrected chi connectivity index (χ1v) is 12.5. The summed E-state index contributed by atoms with van der Waals surface area (Å²) in [6.45, 7) is 11.3. The van der Waals surface area contributed by atoms with Gasteiger partial charge in [-0.1, -0.05) is 38.3 Å². The van der Waals surface area contributed by atoms with Gasteiger partial charge in [-0.15, -0.1) is 6.42 Å². The first kappa shape index (κ1) is 22.4. The van der Waals surface area contributed by atoms with Gasteiger partial charge in [0.2, 0.25) is 0 Å². The van der Waals surface area contributed by atoms with Gasteiger partial charge < -0.3 is 10.2 Å². The molecule has 0 bridgehead atoms. The fraction of sp³-hybridized carbons (Fsp3) is 0.857. The lowest BCUT2D eigenvalue weighted by atomic mass is 9.46. The molecule has 0 aromatic rings. The van der Waals surface area contributed by atoms with Crippen molar-refractivity contribution >= 4 is 0 Å². The Labute approximate surface area is 184 Å². The number of fused-ring (bicyclic) bond motifs is 5. The van der Waals surface area contributed by atoms with Crippen molar-refractivity contribution in [2.45, 2.75) is 110 Å². The minimum Gasteiger partial charge on any atom is -0.390 e. The van der Waals surface area contributed by atoms with Crippen LogP contribution in [0, 0.1) is 52.8 Å². The standard InChI is InChI=1S/C28H44O2/c1-7-25(3,29)14-12-19(2)22-10-11-23-21-9-8-20-18-26(4,30)16-17-27(20,5)24(21)13-15-28(22,23)6/h1,8,19,21-24,29-30H,9-18H2,2-6H3/t19-,21+,22?,23+,24+,25+,26+,27+,28-/m1/s1. The Morgan fingerprint density at radius 2 is 1.90 bits per heavy atom. The molecule has 4 aliphatic carbocycles. The van der Waals surface area contributed by atoms with Gasteiger partial charge in [0.05, 0.1) is 5.60 Å². The maximum atomic E-state index is 10.7. The summed E-state index contributed by atoms with van der Waals surface area (Å²) in [5.74, 6) is 6.36. The summed E-state index contributed by atoms with van der Waals surface area (Å²) in [6, 6.07) is 0. The number of hydrogen-bond donors (Lipinski definition) is 2. The molecule has 168 valence electrons. The second-order valence-electron chi connectivity index (χ2n) is 12.6. The number of terminal acetylenes is 1. The van der Waals surface area contributed by atoms with Gasteiger partial charge in [0.1, 0.15) is 5.60 Å². The Morgan fingerprint density at radius 1 is 1.17 bits per heavy atom. The van der Waals surface area contributed by atoms with E-state index in [1.165, 1.54) is 32.1 Å². The maximum Gasteiger partial charge on any atom is 0.122 e. The van der Waals surface area contributed by atoms with Gasteiger partial charge in [0.25, 0.3) is 0 Å². The molecular weight excluding hydrogens is 368 g/mol. The Kier molecular flexibility index (Phi) is 5.52. The third-order valence-electron chi connectivity index (χ3n) is 10.5. The van der Waals surface area contributed by atoms with Crippen LogP contribution in [0.25, 0.3) is 0 Å². The predicted octanol–water partition coefficient (Wildman–Crippen LogP) is 6.12. The van der Waals surface area contributed by atoms with Crippen molar-refractivity contribution in [1.29, 1.82) is 0 Å². The fourth-order valence-corrected chi connectivity index (χ4v) is 8.56. The molecular formula is C28H44O2. The van der Waals surface area contributed by atoms with Gasteiger partial charge in [0.15, 0.2) is 0 Å². The van der Waals surface area contributed by atoms with Gasteiger partial charge in [-0.3, -0.25) is 0 Å².